The maximum Gasteiger partial charge on any atom is 0.248 e. The molecule has 2 aliphatic rings. The largest absolute Gasteiger partial charge is 0.852 e. The van der Waals surface area contributed by atoms with Crippen molar-refractivity contribution in [3.8, 4) is 0 Å². The molecular formula is C10H15F2O-. The van der Waals surface area contributed by atoms with Crippen LogP contribution in [0.5, 0.6) is 0 Å². The van der Waals surface area contributed by atoms with Crippen molar-refractivity contribution in [1.29, 1.82) is 0 Å². The van der Waals surface area contributed by atoms with Crippen molar-refractivity contribution in [3.63, 3.8) is 0 Å². The van der Waals surface area contributed by atoms with E-state index in [1.165, 1.54) is 0 Å². The van der Waals surface area contributed by atoms with Crippen molar-refractivity contribution in [2.45, 2.75) is 50.6 Å². The molecule has 0 spiro atoms. The summed E-state index contributed by atoms with van der Waals surface area (Å²) in [6.45, 7) is 0. The topological polar surface area (TPSA) is 23.1 Å². The van der Waals surface area contributed by atoms with Crippen molar-refractivity contribution in [3.05, 3.63) is 0 Å². The molecule has 2 rings (SSSR count). The zero-order valence-corrected chi connectivity index (χ0v) is 7.64. The quantitative estimate of drug-likeness (QED) is 0.571. The van der Waals surface area contributed by atoms with Crippen LogP contribution in [0.25, 0.3) is 0 Å². The van der Waals surface area contributed by atoms with Crippen LogP contribution in [-0.2, 0) is 0 Å². The van der Waals surface area contributed by atoms with Crippen molar-refractivity contribution in [1.82, 2.24) is 0 Å². The Kier molecular flexibility index (Phi) is 2.30. The molecule has 0 bridgehead atoms. The van der Waals surface area contributed by atoms with E-state index in [1.54, 1.807) is 0 Å². The van der Waals surface area contributed by atoms with Crippen LogP contribution in [-0.4, -0.2) is 12.0 Å². The first kappa shape index (κ1) is 9.38. The van der Waals surface area contributed by atoms with Gasteiger partial charge in [-0.25, -0.2) is 8.78 Å². The van der Waals surface area contributed by atoms with E-state index >= 15 is 0 Å². The minimum Gasteiger partial charge on any atom is -0.852 e. The molecule has 0 aromatic carbocycles. The van der Waals surface area contributed by atoms with Gasteiger partial charge >= 0.3 is 0 Å². The summed E-state index contributed by atoms with van der Waals surface area (Å²) in [6, 6.07) is 0. The molecule has 0 aromatic rings. The van der Waals surface area contributed by atoms with E-state index in [1.807, 2.05) is 0 Å². The lowest BCUT2D eigenvalue weighted by molar-refractivity contribution is -0.430. The molecule has 0 aromatic heterocycles. The third-order valence-corrected chi connectivity index (χ3v) is 3.53. The first-order valence-electron chi connectivity index (χ1n) is 5.10. The van der Waals surface area contributed by atoms with Crippen LogP contribution >= 0.6 is 0 Å². The van der Waals surface area contributed by atoms with Crippen LogP contribution < -0.4 is 5.11 Å². The van der Waals surface area contributed by atoms with Crippen molar-refractivity contribution in [2.75, 3.05) is 0 Å². The van der Waals surface area contributed by atoms with Gasteiger partial charge in [0.25, 0.3) is 0 Å². The van der Waals surface area contributed by atoms with Gasteiger partial charge in [-0.05, 0) is 18.3 Å². The Hall–Kier alpha value is -0.180. The molecule has 2 fully saturated rings. The Labute approximate surface area is 77.1 Å². The molecule has 0 amide bonds. The maximum atomic E-state index is 13.0. The average molecular weight is 189 g/mol. The van der Waals surface area contributed by atoms with Crippen LogP contribution in [0.1, 0.15) is 38.5 Å². The van der Waals surface area contributed by atoms with Gasteiger partial charge in [-0.1, -0.05) is 19.3 Å². The number of halogens is 2. The minimum atomic E-state index is -2.45. The second-order valence-electron chi connectivity index (χ2n) is 4.55. The third-order valence-electron chi connectivity index (χ3n) is 3.53. The van der Waals surface area contributed by atoms with E-state index in [9.17, 15) is 13.9 Å². The number of hydrogen-bond acceptors (Lipinski definition) is 1. The predicted molar refractivity (Wildman–Crippen MR) is 43.4 cm³/mol. The fraction of sp³-hybridized carbons (Fsp3) is 1.00. The Morgan fingerprint density at radius 3 is 2.62 bits per heavy atom. The molecule has 0 aliphatic heterocycles. The molecule has 3 atom stereocenters. The molecule has 0 heterocycles. The summed E-state index contributed by atoms with van der Waals surface area (Å²) in [6.07, 6.45) is 2.10. The van der Waals surface area contributed by atoms with Gasteiger partial charge in [0.15, 0.2) is 0 Å². The van der Waals surface area contributed by atoms with Gasteiger partial charge in [-0.3, -0.25) is 0 Å². The zero-order chi connectivity index (χ0) is 9.47. The van der Waals surface area contributed by atoms with Gasteiger partial charge in [0.05, 0.1) is 0 Å². The summed E-state index contributed by atoms with van der Waals surface area (Å²) >= 11 is 0. The fourth-order valence-electron chi connectivity index (χ4n) is 2.79. The second kappa shape index (κ2) is 3.19. The van der Waals surface area contributed by atoms with Gasteiger partial charge in [-0.2, -0.15) is 0 Å². The first-order chi connectivity index (χ1) is 6.07. The Balaban J connectivity index is 1.98. The normalized spacial score (nSPS) is 44.1. The van der Waals surface area contributed by atoms with Gasteiger partial charge in [0.2, 0.25) is 5.92 Å². The summed E-state index contributed by atoms with van der Waals surface area (Å²) in [7, 11) is 0. The summed E-state index contributed by atoms with van der Waals surface area (Å²) in [5, 5.41) is 11.2. The van der Waals surface area contributed by atoms with Gasteiger partial charge in [0.1, 0.15) is 0 Å². The Morgan fingerprint density at radius 2 is 1.85 bits per heavy atom. The van der Waals surface area contributed by atoms with E-state index in [4.69, 9.17) is 0 Å². The lowest BCUT2D eigenvalue weighted by Gasteiger charge is -2.44. The number of alkyl halides is 2. The highest BCUT2D eigenvalue weighted by atomic mass is 19.3. The average Bonchev–Trinajstić information content (AvgIpc) is 2.05. The maximum absolute atomic E-state index is 13.0. The third kappa shape index (κ3) is 2.01. The smallest absolute Gasteiger partial charge is 0.248 e. The molecule has 0 radical (unpaired) electrons. The monoisotopic (exact) mass is 189 g/mol. The van der Waals surface area contributed by atoms with Gasteiger partial charge in [0, 0.05) is 12.8 Å². The molecular weight excluding hydrogens is 174 g/mol. The van der Waals surface area contributed by atoms with E-state index in [0.717, 1.165) is 6.42 Å². The Bertz CT molecular complexity index is 193. The van der Waals surface area contributed by atoms with Crippen LogP contribution in [0.4, 0.5) is 8.78 Å². The van der Waals surface area contributed by atoms with Crippen LogP contribution in [0.3, 0.4) is 0 Å². The molecule has 2 aliphatic carbocycles. The van der Waals surface area contributed by atoms with Crippen molar-refractivity contribution < 1.29 is 13.9 Å². The highest BCUT2D eigenvalue weighted by molar-refractivity contribution is 4.88. The molecule has 3 heteroatoms. The summed E-state index contributed by atoms with van der Waals surface area (Å²) in [5.41, 5.74) is 0. The number of rotatable bonds is 0. The lowest BCUT2D eigenvalue weighted by Crippen LogP contribution is -2.41. The summed E-state index contributed by atoms with van der Waals surface area (Å²) in [4.78, 5) is 0. The molecule has 13 heavy (non-hydrogen) atoms. The van der Waals surface area contributed by atoms with Crippen molar-refractivity contribution >= 4 is 0 Å². The van der Waals surface area contributed by atoms with Crippen LogP contribution in [0.15, 0.2) is 0 Å². The van der Waals surface area contributed by atoms with E-state index in [-0.39, 0.29) is 18.8 Å². The van der Waals surface area contributed by atoms with Gasteiger partial charge < -0.3 is 5.11 Å². The highest BCUT2D eigenvalue weighted by Gasteiger charge is 2.42. The standard InChI is InChI=1S/C10H15F2O/c11-10(12)4-3-7-5-9(13)2-1-8(7)6-10/h7-9H,1-6H2/q-1/t7-,8+,9-/m0/s1. The zero-order valence-electron chi connectivity index (χ0n) is 7.64. The lowest BCUT2D eigenvalue weighted by atomic mass is 9.69. The molecule has 0 saturated heterocycles. The van der Waals surface area contributed by atoms with Crippen LogP contribution in [0, 0.1) is 11.8 Å². The second-order valence-corrected chi connectivity index (χ2v) is 4.55. The highest BCUT2D eigenvalue weighted by Crippen LogP contribution is 2.46. The minimum absolute atomic E-state index is 0.000880. The van der Waals surface area contributed by atoms with Crippen LogP contribution in [0.2, 0.25) is 0 Å². The SMILES string of the molecule is [O-][C@H]1CC[C@@H]2CC(F)(F)CC[C@H]2C1. The van der Waals surface area contributed by atoms with E-state index in [0.29, 0.717) is 25.2 Å². The van der Waals surface area contributed by atoms with Crippen molar-refractivity contribution in [2.24, 2.45) is 11.8 Å². The first-order valence-corrected chi connectivity index (χ1v) is 5.10. The molecule has 0 unspecified atom stereocenters. The molecule has 2 saturated carbocycles. The molecule has 76 valence electrons. The van der Waals surface area contributed by atoms with Gasteiger partial charge in [-0.15, -0.1) is 6.10 Å². The van der Waals surface area contributed by atoms with E-state index < -0.39 is 12.0 Å². The Morgan fingerprint density at radius 1 is 1.08 bits per heavy atom. The van der Waals surface area contributed by atoms with E-state index in [2.05, 4.69) is 0 Å². The predicted octanol–water partition coefficient (Wildman–Crippen LogP) is 1.95. The molecule has 0 N–H and O–H groups in total. The summed E-state index contributed by atoms with van der Waals surface area (Å²) < 4.78 is 26.0. The molecule has 1 nitrogen and oxygen atoms in total. The summed E-state index contributed by atoms with van der Waals surface area (Å²) in [5.74, 6) is -2.01. The fourth-order valence-corrected chi connectivity index (χ4v) is 2.79. The number of fused-ring (bicyclic) bond motifs is 1. The number of hydrogen-bond donors (Lipinski definition) is 0.